The Hall–Kier alpha value is -0.706. The van der Waals surface area contributed by atoms with Crippen LogP contribution in [-0.4, -0.2) is 53.0 Å². The van der Waals surface area contributed by atoms with Crippen molar-refractivity contribution in [3.8, 4) is 0 Å². The molecule has 0 N–H and O–H groups in total. The second kappa shape index (κ2) is 9.12. The van der Waals surface area contributed by atoms with Gasteiger partial charge in [-0.25, -0.2) is 9.59 Å². The molecule has 0 rings (SSSR count). The molecule has 0 aliphatic heterocycles. The van der Waals surface area contributed by atoms with Crippen molar-refractivity contribution in [2.45, 2.75) is 91.4 Å². The Bertz CT molecular complexity index is 383. The van der Waals surface area contributed by atoms with Gasteiger partial charge < -0.3 is 18.3 Å². The van der Waals surface area contributed by atoms with E-state index in [1.807, 2.05) is 39.3 Å². The third-order valence-corrected chi connectivity index (χ3v) is 4.33. The third kappa shape index (κ3) is 10.2. The van der Waals surface area contributed by atoms with Crippen LogP contribution in [0.2, 0.25) is 39.3 Å². The highest BCUT2D eigenvalue weighted by Crippen LogP contribution is 2.20. The highest BCUT2D eigenvalue weighted by molar-refractivity contribution is 6.70. The van der Waals surface area contributed by atoms with E-state index in [4.69, 9.17) is 18.3 Å². The van der Waals surface area contributed by atoms with Gasteiger partial charge in [0.1, 0.15) is 0 Å². The first-order valence-electron chi connectivity index (χ1n) is 8.39. The van der Waals surface area contributed by atoms with E-state index < -0.39 is 40.8 Å². The van der Waals surface area contributed by atoms with E-state index >= 15 is 0 Å². The van der Waals surface area contributed by atoms with E-state index in [0.29, 0.717) is 0 Å². The molecule has 0 aromatic heterocycles. The Balaban J connectivity index is 5.67. The summed E-state index contributed by atoms with van der Waals surface area (Å²) in [4.78, 5) is 25.1. The Morgan fingerprint density at radius 2 is 0.875 bits per heavy atom. The van der Waals surface area contributed by atoms with E-state index in [-0.39, 0.29) is 12.2 Å². The van der Waals surface area contributed by atoms with Gasteiger partial charge in [0.15, 0.2) is 28.8 Å². The molecule has 0 aromatic carbocycles. The molecule has 0 aliphatic rings. The lowest BCUT2D eigenvalue weighted by Crippen LogP contribution is -2.53. The lowest BCUT2D eigenvalue weighted by atomic mass is 10.2. The summed E-state index contributed by atoms with van der Waals surface area (Å²) < 4.78 is 22.5. The molecule has 0 aliphatic carbocycles. The molecule has 0 bridgehead atoms. The van der Waals surface area contributed by atoms with Gasteiger partial charge in [-0.3, -0.25) is 0 Å². The first-order chi connectivity index (χ1) is 10.6. The fraction of sp³-hybridized carbons (Fsp3) is 0.875. The maximum absolute atomic E-state index is 12.6. The van der Waals surface area contributed by atoms with Crippen LogP contribution in [0.15, 0.2) is 0 Å². The van der Waals surface area contributed by atoms with Gasteiger partial charge in [0, 0.05) is 0 Å². The summed E-state index contributed by atoms with van der Waals surface area (Å²) in [6.45, 7) is 18.7. The quantitative estimate of drug-likeness (QED) is 0.453. The van der Waals surface area contributed by atoms with E-state index in [2.05, 4.69) is 0 Å². The van der Waals surface area contributed by atoms with Crippen LogP contribution < -0.4 is 0 Å². The minimum atomic E-state index is -2.13. The minimum absolute atomic E-state index is 0.307. The van der Waals surface area contributed by atoms with Crippen LogP contribution in [0, 0.1) is 0 Å². The van der Waals surface area contributed by atoms with Crippen LogP contribution in [0.1, 0.15) is 27.7 Å². The van der Waals surface area contributed by atoms with Crippen molar-refractivity contribution in [1.29, 1.82) is 0 Å². The zero-order valence-corrected chi connectivity index (χ0v) is 18.8. The van der Waals surface area contributed by atoms with Crippen molar-refractivity contribution in [3.63, 3.8) is 0 Å². The molecule has 0 amide bonds. The average Bonchev–Trinajstić information content (AvgIpc) is 2.29. The topological polar surface area (TPSA) is 71.1 Å². The number of esters is 2. The van der Waals surface area contributed by atoms with Crippen molar-refractivity contribution in [2.24, 2.45) is 0 Å². The van der Waals surface area contributed by atoms with Gasteiger partial charge in [-0.1, -0.05) is 0 Å². The second-order valence-corrected chi connectivity index (χ2v) is 17.2. The standard InChI is InChI=1S/C16H34O6Si2/c1-11(2)19-15(17)13(21-23(5,6)7)14(22-24(8,9)10)16(18)20-12(3)4/h11-14H,1-10H3. The Kier molecular flexibility index (Phi) is 8.85. The summed E-state index contributed by atoms with van der Waals surface area (Å²) in [7, 11) is -4.26. The molecular formula is C16H34O6Si2. The van der Waals surface area contributed by atoms with Crippen LogP contribution in [0.3, 0.4) is 0 Å². The lowest BCUT2D eigenvalue weighted by Gasteiger charge is -2.34. The number of carbonyl (C=O) groups is 2. The molecule has 0 radical (unpaired) electrons. The Morgan fingerprint density at radius 1 is 0.625 bits per heavy atom. The van der Waals surface area contributed by atoms with E-state index in [9.17, 15) is 9.59 Å². The monoisotopic (exact) mass is 378 g/mol. The number of hydrogen-bond acceptors (Lipinski definition) is 6. The summed E-state index contributed by atoms with van der Waals surface area (Å²) >= 11 is 0. The molecule has 0 fully saturated rings. The van der Waals surface area contributed by atoms with Crippen molar-refractivity contribution in [2.75, 3.05) is 0 Å². The molecule has 8 heteroatoms. The van der Waals surface area contributed by atoms with Crippen molar-refractivity contribution in [3.05, 3.63) is 0 Å². The number of ether oxygens (including phenoxy) is 2. The van der Waals surface area contributed by atoms with Gasteiger partial charge in [0.2, 0.25) is 0 Å². The van der Waals surface area contributed by atoms with E-state index in [1.54, 1.807) is 27.7 Å². The van der Waals surface area contributed by atoms with Crippen LogP contribution in [0.5, 0.6) is 0 Å². The largest absolute Gasteiger partial charge is 0.461 e. The first-order valence-corrected chi connectivity index (χ1v) is 15.2. The summed E-state index contributed by atoms with van der Waals surface area (Å²) in [6.07, 6.45) is -2.84. The van der Waals surface area contributed by atoms with E-state index in [1.165, 1.54) is 0 Å². The maximum Gasteiger partial charge on any atom is 0.337 e. The van der Waals surface area contributed by atoms with Crippen LogP contribution >= 0.6 is 0 Å². The molecule has 0 saturated heterocycles. The highest BCUT2D eigenvalue weighted by Gasteiger charge is 2.43. The number of hydrogen-bond donors (Lipinski definition) is 0. The fourth-order valence-corrected chi connectivity index (χ4v) is 3.79. The molecule has 6 nitrogen and oxygen atoms in total. The van der Waals surface area contributed by atoms with Gasteiger partial charge in [-0.15, -0.1) is 0 Å². The van der Waals surface area contributed by atoms with Gasteiger partial charge in [0.25, 0.3) is 0 Å². The summed E-state index contributed by atoms with van der Waals surface area (Å²) in [6, 6.07) is 0. The molecular weight excluding hydrogens is 344 g/mol. The predicted molar refractivity (Wildman–Crippen MR) is 98.9 cm³/mol. The van der Waals surface area contributed by atoms with Crippen molar-refractivity contribution < 1.29 is 27.9 Å². The first kappa shape index (κ1) is 23.3. The van der Waals surface area contributed by atoms with Crippen LogP contribution in [0.4, 0.5) is 0 Å². The molecule has 2 unspecified atom stereocenters. The van der Waals surface area contributed by atoms with E-state index in [0.717, 1.165) is 0 Å². The molecule has 0 aromatic rings. The van der Waals surface area contributed by atoms with Gasteiger partial charge in [-0.05, 0) is 67.0 Å². The minimum Gasteiger partial charge on any atom is -0.461 e. The van der Waals surface area contributed by atoms with Gasteiger partial charge in [-0.2, -0.15) is 0 Å². The van der Waals surface area contributed by atoms with Crippen molar-refractivity contribution >= 4 is 28.6 Å². The summed E-state index contributed by atoms with van der Waals surface area (Å²) in [5.74, 6) is -1.17. The van der Waals surface area contributed by atoms with Crippen LogP contribution in [0.25, 0.3) is 0 Å². The zero-order valence-electron chi connectivity index (χ0n) is 16.8. The average molecular weight is 379 g/mol. The second-order valence-electron chi connectivity index (χ2n) is 8.27. The number of carbonyl (C=O) groups excluding carboxylic acids is 2. The third-order valence-electron chi connectivity index (χ3n) is 2.40. The molecule has 0 saturated carbocycles. The zero-order chi connectivity index (χ0) is 19.3. The molecule has 24 heavy (non-hydrogen) atoms. The molecule has 0 heterocycles. The SMILES string of the molecule is CC(C)OC(=O)C(O[Si](C)(C)C)C(O[Si](C)(C)C)C(=O)OC(C)C. The maximum atomic E-state index is 12.6. The van der Waals surface area contributed by atoms with Crippen molar-refractivity contribution in [1.82, 2.24) is 0 Å². The molecule has 2 atom stereocenters. The predicted octanol–water partition coefficient (Wildman–Crippen LogP) is 3.33. The lowest BCUT2D eigenvalue weighted by molar-refractivity contribution is -0.174. The Labute approximate surface area is 148 Å². The molecule has 0 spiro atoms. The summed E-state index contributed by atoms with van der Waals surface area (Å²) in [5, 5.41) is 0. The normalized spacial score (nSPS) is 15.3. The highest BCUT2D eigenvalue weighted by atomic mass is 28.4. The molecule has 142 valence electrons. The van der Waals surface area contributed by atoms with Crippen LogP contribution in [-0.2, 0) is 27.9 Å². The van der Waals surface area contributed by atoms with Gasteiger partial charge >= 0.3 is 11.9 Å². The Morgan fingerprint density at radius 3 is 1.04 bits per heavy atom. The fourth-order valence-electron chi connectivity index (χ4n) is 1.83. The summed E-state index contributed by atoms with van der Waals surface area (Å²) in [5.41, 5.74) is 0. The smallest absolute Gasteiger partial charge is 0.337 e. The number of rotatable bonds is 9. The van der Waals surface area contributed by atoms with Gasteiger partial charge in [0.05, 0.1) is 12.2 Å².